The number of halogens is 1. The number of aliphatic carboxylic acids is 1. The molecule has 0 bridgehead atoms. The van der Waals surface area contributed by atoms with Crippen molar-refractivity contribution >= 4 is 23.5 Å². The SMILES string of the molecule is CN(CCc1ccc(Cl)cc1)C(=O)CCC(=O)O. The number of carbonyl (C=O) groups is 2. The number of hydrogen-bond donors (Lipinski definition) is 1. The Morgan fingerprint density at radius 1 is 1.22 bits per heavy atom. The van der Waals surface area contributed by atoms with Crippen LogP contribution in [-0.2, 0) is 16.0 Å². The molecule has 0 atom stereocenters. The summed E-state index contributed by atoms with van der Waals surface area (Å²) < 4.78 is 0. The summed E-state index contributed by atoms with van der Waals surface area (Å²) >= 11 is 5.78. The Kier molecular flexibility index (Phi) is 5.65. The summed E-state index contributed by atoms with van der Waals surface area (Å²) in [6.45, 7) is 0.570. The van der Waals surface area contributed by atoms with Crippen LogP contribution in [0, 0.1) is 0 Å². The van der Waals surface area contributed by atoms with Gasteiger partial charge in [-0.2, -0.15) is 0 Å². The predicted octanol–water partition coefficient (Wildman–Crippen LogP) is 2.21. The Labute approximate surface area is 111 Å². The minimum absolute atomic E-state index is 0.0481. The molecule has 0 aliphatic heterocycles. The molecule has 1 N–H and O–H groups in total. The second kappa shape index (κ2) is 7.01. The predicted molar refractivity (Wildman–Crippen MR) is 69.7 cm³/mol. The Morgan fingerprint density at radius 3 is 2.39 bits per heavy atom. The third kappa shape index (κ3) is 5.19. The first kappa shape index (κ1) is 14.5. The van der Waals surface area contributed by atoms with Crippen LogP contribution in [-0.4, -0.2) is 35.5 Å². The van der Waals surface area contributed by atoms with Gasteiger partial charge in [0.1, 0.15) is 0 Å². The van der Waals surface area contributed by atoms with Gasteiger partial charge >= 0.3 is 5.97 Å². The number of amides is 1. The van der Waals surface area contributed by atoms with Crippen LogP contribution in [0.4, 0.5) is 0 Å². The van der Waals surface area contributed by atoms with Gasteiger partial charge in [-0.3, -0.25) is 9.59 Å². The van der Waals surface area contributed by atoms with E-state index in [1.54, 1.807) is 11.9 Å². The molecular weight excluding hydrogens is 254 g/mol. The molecule has 1 amide bonds. The highest BCUT2D eigenvalue weighted by atomic mass is 35.5. The number of nitrogens with zero attached hydrogens (tertiary/aromatic N) is 1. The molecule has 1 aromatic rings. The van der Waals surface area contributed by atoms with E-state index in [-0.39, 0.29) is 18.7 Å². The number of carbonyl (C=O) groups excluding carboxylic acids is 1. The summed E-state index contributed by atoms with van der Waals surface area (Å²) in [6, 6.07) is 7.45. The molecule has 4 nitrogen and oxygen atoms in total. The molecule has 0 aliphatic rings. The molecule has 0 spiro atoms. The first-order valence-corrected chi connectivity index (χ1v) is 6.07. The second-order valence-electron chi connectivity index (χ2n) is 4.09. The Morgan fingerprint density at radius 2 is 1.83 bits per heavy atom. The first-order chi connectivity index (χ1) is 8.49. The molecule has 0 aliphatic carbocycles. The van der Waals surface area contributed by atoms with E-state index in [0.717, 1.165) is 12.0 Å². The lowest BCUT2D eigenvalue weighted by molar-refractivity contribution is -0.140. The summed E-state index contributed by atoms with van der Waals surface area (Å²) in [4.78, 5) is 23.5. The summed E-state index contributed by atoms with van der Waals surface area (Å²) in [7, 11) is 1.68. The molecular formula is C13H16ClNO3. The number of hydrogen-bond acceptors (Lipinski definition) is 2. The molecule has 98 valence electrons. The van der Waals surface area contributed by atoms with Crippen LogP contribution in [0.3, 0.4) is 0 Å². The fourth-order valence-corrected chi connectivity index (χ4v) is 1.60. The molecule has 1 aromatic carbocycles. The Balaban J connectivity index is 2.36. The molecule has 0 aromatic heterocycles. The number of likely N-dealkylation sites (N-methyl/N-ethyl adjacent to an activating group) is 1. The average Bonchev–Trinajstić information content (AvgIpc) is 2.34. The van der Waals surface area contributed by atoms with Crippen molar-refractivity contribution in [2.45, 2.75) is 19.3 Å². The largest absolute Gasteiger partial charge is 0.481 e. The molecule has 0 saturated heterocycles. The van der Waals surface area contributed by atoms with E-state index < -0.39 is 5.97 Å². The zero-order valence-corrected chi connectivity index (χ0v) is 11.0. The van der Waals surface area contributed by atoms with E-state index in [2.05, 4.69) is 0 Å². The number of rotatable bonds is 6. The van der Waals surface area contributed by atoms with Gasteiger partial charge in [-0.25, -0.2) is 0 Å². The van der Waals surface area contributed by atoms with Crippen LogP contribution >= 0.6 is 11.6 Å². The van der Waals surface area contributed by atoms with E-state index in [0.29, 0.717) is 11.6 Å². The van der Waals surface area contributed by atoms with Crippen molar-refractivity contribution in [1.29, 1.82) is 0 Å². The van der Waals surface area contributed by atoms with Gasteiger partial charge in [0.15, 0.2) is 0 Å². The number of benzene rings is 1. The van der Waals surface area contributed by atoms with E-state index in [1.165, 1.54) is 0 Å². The maximum Gasteiger partial charge on any atom is 0.303 e. The van der Waals surface area contributed by atoms with Crippen LogP contribution in [0.15, 0.2) is 24.3 Å². The summed E-state index contributed by atoms with van der Waals surface area (Å²) in [5, 5.41) is 9.18. The molecule has 5 heteroatoms. The second-order valence-corrected chi connectivity index (χ2v) is 4.52. The summed E-state index contributed by atoms with van der Waals surface area (Å²) in [5.41, 5.74) is 1.09. The maximum atomic E-state index is 11.6. The number of carboxylic acid groups (broad SMARTS) is 1. The van der Waals surface area contributed by atoms with Gasteiger partial charge in [0, 0.05) is 25.0 Å². The van der Waals surface area contributed by atoms with E-state index in [4.69, 9.17) is 16.7 Å². The van der Waals surface area contributed by atoms with E-state index >= 15 is 0 Å². The van der Waals surface area contributed by atoms with Crippen molar-refractivity contribution in [1.82, 2.24) is 4.90 Å². The summed E-state index contributed by atoms with van der Waals surface area (Å²) in [5.74, 6) is -1.10. The lowest BCUT2D eigenvalue weighted by Gasteiger charge is -2.16. The first-order valence-electron chi connectivity index (χ1n) is 5.69. The van der Waals surface area contributed by atoms with Crippen LogP contribution in [0.2, 0.25) is 5.02 Å². The standard InChI is InChI=1S/C13H16ClNO3/c1-15(12(16)6-7-13(17)18)9-8-10-2-4-11(14)5-3-10/h2-5H,6-9H2,1H3,(H,17,18). The van der Waals surface area contributed by atoms with Crippen molar-refractivity contribution < 1.29 is 14.7 Å². The Bertz CT molecular complexity index is 417. The highest BCUT2D eigenvalue weighted by Gasteiger charge is 2.10. The zero-order chi connectivity index (χ0) is 13.5. The highest BCUT2D eigenvalue weighted by molar-refractivity contribution is 6.30. The monoisotopic (exact) mass is 269 g/mol. The lowest BCUT2D eigenvalue weighted by Crippen LogP contribution is -2.29. The maximum absolute atomic E-state index is 11.6. The van der Waals surface area contributed by atoms with E-state index in [9.17, 15) is 9.59 Å². The van der Waals surface area contributed by atoms with Gasteiger partial charge in [-0.15, -0.1) is 0 Å². The van der Waals surface area contributed by atoms with Gasteiger partial charge in [0.25, 0.3) is 0 Å². The zero-order valence-electron chi connectivity index (χ0n) is 10.2. The fourth-order valence-electron chi connectivity index (χ4n) is 1.48. The summed E-state index contributed by atoms with van der Waals surface area (Å²) in [6.07, 6.45) is 0.656. The van der Waals surface area contributed by atoms with Gasteiger partial charge in [0.05, 0.1) is 6.42 Å². The third-order valence-electron chi connectivity index (χ3n) is 2.63. The van der Waals surface area contributed by atoms with Gasteiger partial charge in [0.2, 0.25) is 5.91 Å². The molecule has 0 heterocycles. The molecule has 0 saturated carbocycles. The topological polar surface area (TPSA) is 57.6 Å². The van der Waals surface area contributed by atoms with Crippen molar-refractivity contribution in [3.05, 3.63) is 34.9 Å². The lowest BCUT2D eigenvalue weighted by atomic mass is 10.1. The molecule has 1 rings (SSSR count). The minimum Gasteiger partial charge on any atom is -0.481 e. The van der Waals surface area contributed by atoms with Gasteiger partial charge < -0.3 is 10.0 Å². The quantitative estimate of drug-likeness (QED) is 0.861. The van der Waals surface area contributed by atoms with Crippen LogP contribution in [0.5, 0.6) is 0 Å². The van der Waals surface area contributed by atoms with Crippen molar-refractivity contribution in [3.8, 4) is 0 Å². The minimum atomic E-state index is -0.950. The van der Waals surface area contributed by atoms with Gasteiger partial charge in [-0.1, -0.05) is 23.7 Å². The van der Waals surface area contributed by atoms with Gasteiger partial charge in [-0.05, 0) is 24.1 Å². The van der Waals surface area contributed by atoms with Crippen LogP contribution in [0.1, 0.15) is 18.4 Å². The normalized spacial score (nSPS) is 10.1. The van der Waals surface area contributed by atoms with Crippen LogP contribution in [0.25, 0.3) is 0 Å². The smallest absolute Gasteiger partial charge is 0.303 e. The molecule has 0 unspecified atom stereocenters. The fraction of sp³-hybridized carbons (Fsp3) is 0.385. The third-order valence-corrected chi connectivity index (χ3v) is 2.88. The number of carboxylic acids is 1. The highest BCUT2D eigenvalue weighted by Crippen LogP contribution is 2.10. The van der Waals surface area contributed by atoms with Crippen LogP contribution < -0.4 is 0 Å². The molecule has 18 heavy (non-hydrogen) atoms. The molecule has 0 fully saturated rings. The average molecular weight is 270 g/mol. The van der Waals surface area contributed by atoms with Crippen molar-refractivity contribution in [2.75, 3.05) is 13.6 Å². The van der Waals surface area contributed by atoms with Crippen molar-refractivity contribution in [3.63, 3.8) is 0 Å². The molecule has 0 radical (unpaired) electrons. The van der Waals surface area contributed by atoms with Crippen molar-refractivity contribution in [2.24, 2.45) is 0 Å². The Hall–Kier alpha value is -1.55. The van der Waals surface area contributed by atoms with E-state index in [1.807, 2.05) is 24.3 Å².